The molecule has 1 aromatic carbocycles. The molecule has 11 heteroatoms. The highest BCUT2D eigenvalue weighted by Gasteiger charge is 2.52. The van der Waals surface area contributed by atoms with Gasteiger partial charge in [-0.1, -0.05) is 12.1 Å². The molecule has 3 amide bonds. The van der Waals surface area contributed by atoms with Crippen molar-refractivity contribution in [2.45, 2.75) is 30.8 Å². The molecule has 6 rings (SSSR count). The van der Waals surface area contributed by atoms with Gasteiger partial charge in [0.25, 0.3) is 0 Å². The molecule has 2 N–H and O–H groups in total. The number of urea groups is 1. The van der Waals surface area contributed by atoms with Crippen LogP contribution in [0.1, 0.15) is 29.9 Å². The molecule has 39 heavy (non-hydrogen) atoms. The van der Waals surface area contributed by atoms with Crippen LogP contribution in [0.25, 0.3) is 0 Å². The zero-order valence-corrected chi connectivity index (χ0v) is 22.5. The average Bonchev–Trinajstić information content (AvgIpc) is 3.56. The van der Waals surface area contributed by atoms with E-state index in [1.165, 1.54) is 0 Å². The smallest absolute Gasteiger partial charge is 0.326 e. The predicted octanol–water partition coefficient (Wildman–Crippen LogP) is 1.74. The highest BCUT2D eigenvalue weighted by Crippen LogP contribution is 2.40. The normalized spacial score (nSPS) is 21.5. The number of nitrogens with zero attached hydrogens (tertiary/aromatic N) is 4. The molecule has 4 fully saturated rings. The second kappa shape index (κ2) is 10.6. The zero-order valence-electron chi connectivity index (χ0n) is 22.5. The lowest BCUT2D eigenvalue weighted by atomic mass is 9.85. The summed E-state index contributed by atoms with van der Waals surface area (Å²) < 4.78 is 16.3. The lowest BCUT2D eigenvalue weighted by Crippen LogP contribution is -2.57. The topological polar surface area (TPSA) is 109 Å². The van der Waals surface area contributed by atoms with Crippen LogP contribution in [0.5, 0.6) is 11.6 Å². The monoisotopic (exact) mass is 536 g/mol. The van der Waals surface area contributed by atoms with Gasteiger partial charge in [0, 0.05) is 44.2 Å². The van der Waals surface area contributed by atoms with Crippen molar-refractivity contribution in [1.29, 1.82) is 0 Å². The number of nitrogens with one attached hydrogen (secondary N) is 2. The maximum Gasteiger partial charge on any atom is 0.326 e. The first-order chi connectivity index (χ1) is 19.0. The SMILES string of the molecule is COc1cccc(CN2C(=O)N(c3ccc(C4CNNC4)c(OC)n3)CC23CCN(C(=O)C2COC2)CC3)c1. The summed E-state index contributed by atoms with van der Waals surface area (Å²) in [6, 6.07) is 11.7. The molecule has 4 aliphatic rings. The number of methoxy groups -OCH3 is 2. The number of hydrazine groups is 1. The van der Waals surface area contributed by atoms with E-state index in [2.05, 4.69) is 10.9 Å². The molecule has 208 valence electrons. The number of likely N-dealkylation sites (tertiary alicyclic amines) is 1. The van der Waals surface area contributed by atoms with E-state index in [-0.39, 0.29) is 23.8 Å². The third-order valence-electron chi connectivity index (χ3n) is 8.56. The standard InChI is InChI=1S/C28H36N6O5/c1-37-22-5-3-4-19(12-22)15-34-27(36)33(24-7-6-23(25(31-24)38-2)20-13-29-30-14-20)18-28(34)8-10-32(11-9-28)26(35)21-16-39-17-21/h3-7,12,20-21,29-30H,8-11,13-18H2,1-2H3. The fraction of sp³-hybridized carbons (Fsp3) is 0.536. The second-order valence-electron chi connectivity index (χ2n) is 10.8. The minimum Gasteiger partial charge on any atom is -0.497 e. The van der Waals surface area contributed by atoms with Crippen LogP contribution in [0.2, 0.25) is 0 Å². The molecule has 0 radical (unpaired) electrons. The van der Waals surface area contributed by atoms with Gasteiger partial charge in [-0.3, -0.25) is 20.5 Å². The lowest BCUT2D eigenvalue weighted by molar-refractivity contribution is -0.152. The summed E-state index contributed by atoms with van der Waals surface area (Å²) in [5, 5.41) is 0. The minimum atomic E-state index is -0.417. The number of piperidine rings is 1. The van der Waals surface area contributed by atoms with Crippen LogP contribution >= 0.6 is 0 Å². The fourth-order valence-corrected chi connectivity index (χ4v) is 6.12. The van der Waals surface area contributed by atoms with Crippen molar-refractivity contribution in [3.05, 3.63) is 47.5 Å². The number of hydrogen-bond donors (Lipinski definition) is 2. The predicted molar refractivity (Wildman–Crippen MR) is 144 cm³/mol. The lowest BCUT2D eigenvalue weighted by Gasteiger charge is -2.45. The van der Waals surface area contributed by atoms with E-state index in [4.69, 9.17) is 19.2 Å². The maximum absolute atomic E-state index is 14.1. The van der Waals surface area contributed by atoms with Gasteiger partial charge in [-0.05, 0) is 42.7 Å². The van der Waals surface area contributed by atoms with Gasteiger partial charge >= 0.3 is 6.03 Å². The number of rotatable bonds is 7. The Hall–Kier alpha value is -3.41. The summed E-state index contributed by atoms with van der Waals surface area (Å²) in [5.41, 5.74) is 7.90. The molecule has 0 bridgehead atoms. The number of aromatic nitrogens is 1. The third kappa shape index (κ3) is 4.79. The summed E-state index contributed by atoms with van der Waals surface area (Å²) >= 11 is 0. The van der Waals surface area contributed by atoms with Crippen molar-refractivity contribution in [3.63, 3.8) is 0 Å². The van der Waals surface area contributed by atoms with Crippen molar-refractivity contribution in [2.24, 2.45) is 5.92 Å². The Bertz CT molecular complexity index is 1220. The quantitative estimate of drug-likeness (QED) is 0.551. The Balaban J connectivity index is 1.28. The number of anilines is 1. The molecule has 0 unspecified atom stereocenters. The van der Waals surface area contributed by atoms with Gasteiger partial charge in [0.05, 0.1) is 45.4 Å². The van der Waals surface area contributed by atoms with E-state index in [1.54, 1.807) is 19.1 Å². The molecule has 1 spiro atoms. The van der Waals surface area contributed by atoms with E-state index < -0.39 is 5.54 Å². The molecule has 11 nitrogen and oxygen atoms in total. The molecule has 4 saturated heterocycles. The van der Waals surface area contributed by atoms with Gasteiger partial charge in [0.15, 0.2) is 0 Å². The van der Waals surface area contributed by atoms with Gasteiger partial charge in [0.1, 0.15) is 11.6 Å². The van der Waals surface area contributed by atoms with Gasteiger partial charge in [-0.25, -0.2) is 4.79 Å². The van der Waals surface area contributed by atoms with Crippen molar-refractivity contribution >= 4 is 17.8 Å². The molecule has 0 saturated carbocycles. The number of carbonyl (C=O) groups is 2. The molecule has 4 aliphatic heterocycles. The van der Waals surface area contributed by atoms with Gasteiger partial charge in [-0.15, -0.1) is 0 Å². The van der Waals surface area contributed by atoms with Gasteiger partial charge in [-0.2, -0.15) is 4.98 Å². The summed E-state index contributed by atoms with van der Waals surface area (Å²) in [7, 11) is 3.26. The maximum atomic E-state index is 14.1. The third-order valence-corrected chi connectivity index (χ3v) is 8.56. The Morgan fingerprint density at radius 3 is 2.54 bits per heavy atom. The van der Waals surface area contributed by atoms with Crippen LogP contribution in [-0.4, -0.2) is 92.4 Å². The van der Waals surface area contributed by atoms with Crippen molar-refractivity contribution in [1.82, 2.24) is 25.6 Å². The van der Waals surface area contributed by atoms with Crippen LogP contribution in [0, 0.1) is 5.92 Å². The Labute approximate surface area is 228 Å². The van der Waals surface area contributed by atoms with Crippen molar-refractivity contribution in [3.8, 4) is 11.6 Å². The Kier molecular flexibility index (Phi) is 7.05. The number of hydrogen-bond acceptors (Lipinski definition) is 8. The first kappa shape index (κ1) is 25.8. The summed E-state index contributed by atoms with van der Waals surface area (Å²) in [5.74, 6) is 2.25. The van der Waals surface area contributed by atoms with Crippen LogP contribution in [-0.2, 0) is 16.1 Å². The molecule has 5 heterocycles. The second-order valence-corrected chi connectivity index (χ2v) is 10.8. The Morgan fingerprint density at radius 2 is 1.87 bits per heavy atom. The highest BCUT2D eigenvalue weighted by atomic mass is 16.5. The molecular weight excluding hydrogens is 500 g/mol. The first-order valence-corrected chi connectivity index (χ1v) is 13.6. The number of pyridine rings is 1. The van der Waals surface area contributed by atoms with Crippen LogP contribution in [0.15, 0.2) is 36.4 Å². The Morgan fingerprint density at radius 1 is 1.10 bits per heavy atom. The number of benzene rings is 1. The van der Waals surface area contributed by atoms with Crippen LogP contribution in [0.3, 0.4) is 0 Å². The molecule has 0 atom stereocenters. The number of amides is 3. The summed E-state index contributed by atoms with van der Waals surface area (Å²) in [6.45, 7) is 4.78. The fourth-order valence-electron chi connectivity index (χ4n) is 6.12. The number of ether oxygens (including phenoxy) is 3. The van der Waals surface area contributed by atoms with E-state index in [0.717, 1.165) is 30.0 Å². The van der Waals surface area contributed by atoms with Gasteiger partial charge < -0.3 is 24.0 Å². The highest BCUT2D eigenvalue weighted by molar-refractivity contribution is 5.94. The zero-order chi connectivity index (χ0) is 27.0. The van der Waals surface area contributed by atoms with E-state index >= 15 is 0 Å². The van der Waals surface area contributed by atoms with Crippen molar-refractivity contribution in [2.75, 3.05) is 65.1 Å². The minimum absolute atomic E-state index is 0.0332. The largest absolute Gasteiger partial charge is 0.497 e. The van der Waals surface area contributed by atoms with Crippen LogP contribution in [0.4, 0.5) is 10.6 Å². The molecular formula is C28H36N6O5. The summed E-state index contributed by atoms with van der Waals surface area (Å²) in [4.78, 5) is 37.5. The molecule has 0 aliphatic carbocycles. The molecule has 1 aromatic heterocycles. The molecule has 2 aromatic rings. The van der Waals surface area contributed by atoms with Crippen LogP contribution < -0.4 is 25.2 Å². The average molecular weight is 537 g/mol. The van der Waals surface area contributed by atoms with E-state index in [1.807, 2.05) is 46.2 Å². The van der Waals surface area contributed by atoms with Crippen molar-refractivity contribution < 1.29 is 23.8 Å². The first-order valence-electron chi connectivity index (χ1n) is 13.6. The van der Waals surface area contributed by atoms with E-state index in [9.17, 15) is 9.59 Å². The van der Waals surface area contributed by atoms with Gasteiger partial charge in [0.2, 0.25) is 11.8 Å². The number of carbonyl (C=O) groups excluding carboxylic acids is 2. The van der Waals surface area contributed by atoms with E-state index in [0.29, 0.717) is 63.9 Å². The summed E-state index contributed by atoms with van der Waals surface area (Å²) in [6.07, 6.45) is 1.40.